The van der Waals surface area contributed by atoms with Gasteiger partial charge in [0, 0.05) is 2.74 Å². The average molecular weight is 369 g/mol. The molecule has 0 saturated heterocycles. The van der Waals surface area contributed by atoms with E-state index in [0.717, 1.165) is 0 Å². The molecule has 1 aliphatic carbocycles. The first-order chi connectivity index (χ1) is 13.6. The molecule has 1 atom stereocenters. The molecular weight excluding hydrogens is 345 g/mol. The van der Waals surface area contributed by atoms with Crippen LogP contribution >= 0.6 is 11.6 Å². The lowest BCUT2D eigenvalue weighted by Crippen LogP contribution is -2.34. The summed E-state index contributed by atoms with van der Waals surface area (Å²) in [6.07, 6.45) is -3.73. The molecule has 1 N–H and O–H groups in total. The summed E-state index contributed by atoms with van der Waals surface area (Å²) in [7, 11) is -5.05. The number of rotatable bonds is 5. The second-order valence-electron chi connectivity index (χ2n) is 4.30. The average Bonchev–Trinajstić information content (AvgIpc) is 2.66. The molecule has 1 aliphatic rings. The molecule has 0 bridgehead atoms. The maximum atomic E-state index is 13.8. The third-order valence-electron chi connectivity index (χ3n) is 2.75. The molecule has 5 nitrogen and oxygen atoms in total. The number of hydrogen-bond donors (Lipinski definition) is 1. The molecule has 0 amide bonds. The minimum atomic E-state index is -5.05. The van der Waals surface area contributed by atoms with Gasteiger partial charge < -0.3 is 4.74 Å². The minimum Gasteiger partial charge on any atom is -0.463 e. The Bertz CT molecular complexity index is 1020. The van der Waals surface area contributed by atoms with Crippen molar-refractivity contribution in [1.82, 2.24) is 0 Å². The third kappa shape index (κ3) is 4.23. The van der Waals surface area contributed by atoms with E-state index >= 15 is 0 Å². The van der Waals surface area contributed by atoms with Crippen molar-refractivity contribution >= 4 is 33.3 Å². The Morgan fingerprint density at radius 3 is 3.09 bits per heavy atom. The fraction of sp³-hybridized carbons (Fsp3) is 0.400. The van der Waals surface area contributed by atoms with Gasteiger partial charge in [-0.3, -0.25) is 4.72 Å². The molecular formula is C15H17ClFNO4S. The molecule has 0 unspecified atom stereocenters. The maximum Gasteiger partial charge on any atom is 0.335 e. The molecule has 23 heavy (non-hydrogen) atoms. The van der Waals surface area contributed by atoms with Crippen LogP contribution in [-0.2, 0) is 19.6 Å². The lowest BCUT2D eigenvalue weighted by molar-refractivity contribution is -0.138. The number of sulfonamides is 1. The quantitative estimate of drug-likeness (QED) is 0.809. The molecule has 0 fully saturated rings. The Hall–Kier alpha value is -1.60. The standard InChI is InChI=1S/C15H17ClFNO4S/c1-2-22-15(19)11-5-3-4-6-14(11)23(20,21)18-13-8-7-10(17)9-12(13)16/h5,7-9,14,18H,2-4,6H2,1H3/t14-/m1/s1/i3D2,5D,7D,8D,9D,14D. The van der Waals surface area contributed by atoms with E-state index in [1.807, 2.05) is 0 Å². The topological polar surface area (TPSA) is 72.5 Å². The zero-order chi connectivity index (χ0) is 23.2. The van der Waals surface area contributed by atoms with Crippen molar-refractivity contribution in [2.24, 2.45) is 0 Å². The van der Waals surface area contributed by atoms with Crippen LogP contribution < -0.4 is 4.72 Å². The van der Waals surface area contributed by atoms with E-state index in [1.54, 1.807) is 4.72 Å². The van der Waals surface area contributed by atoms with Gasteiger partial charge in [0.2, 0.25) is 10.0 Å². The van der Waals surface area contributed by atoms with E-state index in [1.165, 1.54) is 6.92 Å². The summed E-state index contributed by atoms with van der Waals surface area (Å²) >= 11 is 5.77. The van der Waals surface area contributed by atoms with Crippen LogP contribution in [-0.4, -0.2) is 26.2 Å². The van der Waals surface area contributed by atoms with Crippen molar-refractivity contribution in [2.75, 3.05) is 11.3 Å². The van der Waals surface area contributed by atoms with Crippen LogP contribution in [0.2, 0.25) is 5.02 Å². The Morgan fingerprint density at radius 2 is 2.39 bits per heavy atom. The number of allylic oxidation sites excluding steroid dienone is 1. The molecule has 0 aliphatic heterocycles. The number of nitrogens with one attached hydrogen (secondary N) is 1. The van der Waals surface area contributed by atoms with Crippen LogP contribution in [0.15, 0.2) is 29.8 Å². The molecule has 0 heterocycles. The molecule has 2 rings (SSSR count). The van der Waals surface area contributed by atoms with Gasteiger partial charge in [-0.25, -0.2) is 17.6 Å². The second-order valence-corrected chi connectivity index (χ2v) is 6.39. The van der Waals surface area contributed by atoms with Crippen molar-refractivity contribution in [3.63, 3.8) is 0 Å². The van der Waals surface area contributed by atoms with E-state index in [-0.39, 0.29) is 6.61 Å². The molecule has 0 spiro atoms. The van der Waals surface area contributed by atoms with Gasteiger partial charge in [-0.05, 0) is 44.3 Å². The lowest BCUT2D eigenvalue weighted by Gasteiger charge is -2.24. The number of hydrogen-bond acceptors (Lipinski definition) is 4. The van der Waals surface area contributed by atoms with E-state index in [2.05, 4.69) is 0 Å². The Morgan fingerprint density at radius 1 is 1.65 bits per heavy atom. The summed E-state index contributed by atoms with van der Waals surface area (Å²) in [4.78, 5) is 12.3. The van der Waals surface area contributed by atoms with Gasteiger partial charge in [0.1, 0.15) is 11.0 Å². The van der Waals surface area contributed by atoms with Crippen LogP contribution in [0.4, 0.5) is 10.1 Å². The molecule has 0 aromatic heterocycles. The highest BCUT2D eigenvalue weighted by atomic mass is 35.5. The number of carbonyl (C=O) groups excluding carboxylic acids is 1. The van der Waals surface area contributed by atoms with Crippen molar-refractivity contribution in [3.8, 4) is 0 Å². The minimum absolute atomic E-state index is 0.229. The Labute approximate surface area is 149 Å². The van der Waals surface area contributed by atoms with Gasteiger partial charge in [-0.1, -0.05) is 17.7 Å². The van der Waals surface area contributed by atoms with Crippen molar-refractivity contribution in [3.05, 3.63) is 40.6 Å². The van der Waals surface area contributed by atoms with Crippen LogP contribution in [0.5, 0.6) is 0 Å². The number of halogens is 2. The summed E-state index contributed by atoms with van der Waals surface area (Å²) < 4.78 is 101. The Balaban J connectivity index is 2.69. The van der Waals surface area contributed by atoms with Crippen molar-refractivity contribution in [1.29, 1.82) is 0 Å². The monoisotopic (exact) mass is 368 g/mol. The van der Waals surface area contributed by atoms with Crippen LogP contribution in [0, 0.1) is 5.82 Å². The summed E-state index contributed by atoms with van der Waals surface area (Å²) in [6.45, 7) is 1.17. The molecule has 8 heteroatoms. The van der Waals surface area contributed by atoms with E-state index in [4.69, 9.17) is 25.9 Å². The first-order valence-corrected chi connectivity index (χ1v) is 8.34. The van der Waals surface area contributed by atoms with Crippen molar-refractivity contribution < 1.29 is 31.9 Å². The number of ether oxygens (including phenoxy) is 1. The SMILES string of the molecule is [2H]C1=C(C(=O)OCC)[C@]([2H])(S(=O)(=O)Nc2c([2H])c([2H])c(F)c([2H])c2Cl)CCC1([2H])[2H]. The normalized spacial score (nSPS) is 28.4. The van der Waals surface area contributed by atoms with Crippen LogP contribution in [0.1, 0.15) is 35.7 Å². The van der Waals surface area contributed by atoms with E-state index in [9.17, 15) is 17.6 Å². The third-order valence-corrected chi connectivity index (χ3v) is 4.56. The van der Waals surface area contributed by atoms with Crippen LogP contribution in [0.25, 0.3) is 0 Å². The zero-order valence-electron chi connectivity index (χ0n) is 18.9. The largest absolute Gasteiger partial charge is 0.463 e. The summed E-state index contributed by atoms with van der Waals surface area (Å²) in [5, 5.41) is -3.74. The van der Waals surface area contributed by atoms with Gasteiger partial charge in [-0.2, -0.15) is 0 Å². The number of benzene rings is 1. The first-order valence-electron chi connectivity index (χ1n) is 9.98. The summed E-state index contributed by atoms with van der Waals surface area (Å²) in [5.74, 6) is -2.81. The molecule has 0 radical (unpaired) electrons. The number of esters is 1. The van der Waals surface area contributed by atoms with Gasteiger partial charge in [0.25, 0.3) is 0 Å². The molecule has 126 valence electrons. The van der Waals surface area contributed by atoms with E-state index < -0.39 is 86.7 Å². The highest BCUT2D eigenvalue weighted by molar-refractivity contribution is 7.93. The van der Waals surface area contributed by atoms with Gasteiger partial charge in [-0.15, -0.1) is 0 Å². The van der Waals surface area contributed by atoms with Gasteiger partial charge in [0.05, 0.1) is 29.7 Å². The smallest absolute Gasteiger partial charge is 0.335 e. The highest BCUT2D eigenvalue weighted by Crippen LogP contribution is 2.30. The van der Waals surface area contributed by atoms with Crippen molar-refractivity contribution in [2.45, 2.75) is 31.4 Å². The van der Waals surface area contributed by atoms with E-state index in [0.29, 0.717) is 0 Å². The number of anilines is 1. The predicted molar refractivity (Wildman–Crippen MR) is 86.3 cm³/mol. The molecule has 0 saturated carbocycles. The summed E-state index contributed by atoms with van der Waals surface area (Å²) in [5.41, 5.74) is -1.89. The zero-order valence-corrected chi connectivity index (χ0v) is 13.5. The molecule has 1 aromatic carbocycles. The predicted octanol–water partition coefficient (Wildman–Crippen LogP) is 3.26. The highest BCUT2D eigenvalue weighted by Gasteiger charge is 2.35. The number of carbonyl (C=O) groups is 1. The van der Waals surface area contributed by atoms with Gasteiger partial charge in [0.15, 0.2) is 0 Å². The van der Waals surface area contributed by atoms with Gasteiger partial charge >= 0.3 is 5.97 Å². The Kier molecular flexibility index (Phi) is 3.28. The maximum absolute atomic E-state index is 13.8. The van der Waals surface area contributed by atoms with Crippen LogP contribution in [0.3, 0.4) is 0 Å². The molecule has 1 aromatic rings. The fourth-order valence-electron chi connectivity index (χ4n) is 1.79. The fourth-order valence-corrected chi connectivity index (χ4v) is 3.34. The second kappa shape index (κ2) is 7.31. The summed E-state index contributed by atoms with van der Waals surface area (Å²) in [6, 6.07) is -4.19. The lowest BCUT2D eigenvalue weighted by atomic mass is 9.99. The first kappa shape index (κ1) is 10.3.